The van der Waals surface area contributed by atoms with Crippen molar-refractivity contribution >= 4 is 13.9 Å². The highest BCUT2D eigenvalue weighted by Gasteiger charge is 2.45. The first-order chi connectivity index (χ1) is 19.3. The third kappa shape index (κ3) is 7.20. The molecule has 2 heterocycles. The van der Waals surface area contributed by atoms with Gasteiger partial charge in [0.1, 0.15) is 17.5 Å². The smallest absolute Gasteiger partial charge is 0.192 e. The third-order valence-electron chi connectivity index (χ3n) is 9.05. The van der Waals surface area contributed by atoms with E-state index in [9.17, 15) is 5.11 Å². The summed E-state index contributed by atoms with van der Waals surface area (Å²) in [6.07, 6.45) is 3.94. The van der Waals surface area contributed by atoms with E-state index < -0.39 is 14.4 Å². The molecule has 6 heteroatoms. The van der Waals surface area contributed by atoms with E-state index in [4.69, 9.17) is 18.9 Å². The Bertz CT molecular complexity index is 1300. The van der Waals surface area contributed by atoms with E-state index in [1.54, 1.807) is 0 Å². The summed E-state index contributed by atoms with van der Waals surface area (Å²) in [6, 6.07) is 7.91. The fourth-order valence-electron chi connectivity index (χ4n) is 5.98. The predicted octanol–water partition coefficient (Wildman–Crippen LogP) is 9.30. The van der Waals surface area contributed by atoms with Crippen LogP contribution in [0.15, 0.2) is 30.3 Å². The van der Waals surface area contributed by atoms with Crippen LogP contribution < -0.4 is 4.74 Å². The topological polar surface area (TPSA) is 60.8 Å². The minimum absolute atomic E-state index is 0.0611. The van der Waals surface area contributed by atoms with Crippen LogP contribution in [0.25, 0.3) is 5.57 Å². The van der Waals surface area contributed by atoms with Gasteiger partial charge in [-0.3, -0.25) is 4.98 Å². The fraction of sp³-hybridized carbons (Fsp3) is 0.639. The van der Waals surface area contributed by atoms with Crippen molar-refractivity contribution in [3.63, 3.8) is 0 Å². The molecule has 2 atom stereocenters. The number of hydrogen-bond donors (Lipinski definition) is 1. The lowest BCUT2D eigenvalue weighted by molar-refractivity contribution is 0.105. The van der Waals surface area contributed by atoms with Crippen molar-refractivity contribution in [1.82, 2.24) is 4.98 Å². The second kappa shape index (κ2) is 11.8. The summed E-state index contributed by atoms with van der Waals surface area (Å²) in [5.74, 6) is 0.941. The largest absolute Gasteiger partial charge is 0.488 e. The first-order valence-electron chi connectivity index (χ1n) is 15.8. The summed E-state index contributed by atoms with van der Waals surface area (Å²) in [7, 11) is -2.11. The Morgan fingerprint density at radius 2 is 1.69 bits per heavy atom. The van der Waals surface area contributed by atoms with E-state index in [1.807, 2.05) is 45.0 Å². The Kier molecular flexibility index (Phi) is 9.27. The van der Waals surface area contributed by atoms with E-state index in [0.717, 1.165) is 53.1 Å². The van der Waals surface area contributed by atoms with Crippen LogP contribution in [0, 0.1) is 5.41 Å². The van der Waals surface area contributed by atoms with Crippen molar-refractivity contribution in [2.45, 2.75) is 130 Å². The number of aliphatic hydroxyl groups is 1. The number of pyridine rings is 1. The Morgan fingerprint density at radius 3 is 2.21 bits per heavy atom. The molecule has 0 bridgehead atoms. The molecular formula is C36H55NO4Si. The summed E-state index contributed by atoms with van der Waals surface area (Å²) < 4.78 is 19.1. The molecule has 1 aromatic carbocycles. The van der Waals surface area contributed by atoms with E-state index in [2.05, 4.69) is 67.6 Å². The van der Waals surface area contributed by atoms with Crippen molar-refractivity contribution in [2.24, 2.45) is 5.41 Å². The van der Waals surface area contributed by atoms with Crippen molar-refractivity contribution in [3.05, 3.63) is 64.0 Å². The van der Waals surface area contributed by atoms with Gasteiger partial charge in [-0.1, -0.05) is 66.7 Å². The van der Waals surface area contributed by atoms with E-state index in [0.29, 0.717) is 13.2 Å². The average Bonchev–Trinajstić information content (AvgIpc) is 2.85. The minimum Gasteiger partial charge on any atom is -0.488 e. The third-order valence-corrected chi connectivity index (χ3v) is 13.5. The number of aliphatic hydroxyl groups excluding tert-OH is 1. The van der Waals surface area contributed by atoms with Gasteiger partial charge in [0.05, 0.1) is 19.3 Å². The van der Waals surface area contributed by atoms with Crippen LogP contribution in [0.4, 0.5) is 0 Å². The van der Waals surface area contributed by atoms with Gasteiger partial charge in [-0.05, 0) is 98.3 Å². The lowest BCUT2D eigenvalue weighted by Crippen LogP contribution is -2.44. The van der Waals surface area contributed by atoms with Crippen LogP contribution in [-0.4, -0.2) is 37.2 Å². The van der Waals surface area contributed by atoms with Crippen molar-refractivity contribution in [1.29, 1.82) is 0 Å². The van der Waals surface area contributed by atoms with Crippen LogP contribution in [0.5, 0.6) is 5.75 Å². The van der Waals surface area contributed by atoms with E-state index in [1.165, 1.54) is 11.1 Å². The molecule has 232 valence electrons. The van der Waals surface area contributed by atoms with Crippen molar-refractivity contribution in [3.8, 4) is 5.75 Å². The van der Waals surface area contributed by atoms with Gasteiger partial charge >= 0.3 is 0 Å². The fourth-order valence-corrected chi connectivity index (χ4v) is 7.25. The number of nitrogens with zero attached hydrogens (tertiary/aromatic N) is 1. The number of rotatable bonds is 7. The molecule has 0 amide bonds. The van der Waals surface area contributed by atoms with Crippen LogP contribution in [0.1, 0.15) is 134 Å². The molecule has 5 nitrogen and oxygen atoms in total. The Morgan fingerprint density at radius 1 is 1.05 bits per heavy atom. The number of hydrogen-bond acceptors (Lipinski definition) is 5. The molecule has 0 radical (unpaired) electrons. The highest BCUT2D eigenvalue weighted by Crippen LogP contribution is 2.51. The summed E-state index contributed by atoms with van der Waals surface area (Å²) >= 11 is 0. The second-order valence-corrected chi connectivity index (χ2v) is 20.7. The van der Waals surface area contributed by atoms with Gasteiger partial charge in [0.15, 0.2) is 8.32 Å². The number of benzene rings is 1. The van der Waals surface area contributed by atoms with Crippen molar-refractivity contribution in [2.75, 3.05) is 13.2 Å². The van der Waals surface area contributed by atoms with Crippen LogP contribution >= 0.6 is 0 Å². The van der Waals surface area contributed by atoms with Crippen LogP contribution in [0.3, 0.4) is 0 Å². The molecule has 2 aromatic rings. The molecule has 2 aliphatic rings. The Labute approximate surface area is 256 Å². The molecule has 0 spiro atoms. The second-order valence-electron chi connectivity index (χ2n) is 16.0. The average molecular weight is 594 g/mol. The number of aromatic nitrogens is 1. The quantitative estimate of drug-likeness (QED) is 0.324. The monoisotopic (exact) mass is 593 g/mol. The normalized spacial score (nSPS) is 20.2. The Balaban J connectivity index is 1.97. The zero-order valence-electron chi connectivity index (χ0n) is 28.3. The standard InChI is InChI=1S/C36H55NO4Si/c1-23(2)32-31(33(38)25-13-15-26(16-14-25)40-34(3,4)5)29(24-17-19-39-20-18-24)30-27(37-32)21-36(9,10)22-28(30)41-42(11,12)35(6,7)8/h13-17,23,28,33,38H,18-22H2,1-12H3. The molecule has 0 saturated heterocycles. The van der Waals surface area contributed by atoms with Gasteiger partial charge in [-0.25, -0.2) is 0 Å². The Hall–Kier alpha value is -1.99. The molecule has 42 heavy (non-hydrogen) atoms. The lowest BCUT2D eigenvalue weighted by atomic mass is 9.71. The first-order valence-corrected chi connectivity index (χ1v) is 18.7. The maximum absolute atomic E-state index is 12.2. The SMILES string of the molecule is CC(C)c1nc2c(c(C3=CCOCC3)c1C(O)c1ccc(OC(C)(C)C)cc1)C(O[Si](C)(C)C(C)(C)C)CC(C)(C)C2. The van der Waals surface area contributed by atoms with Gasteiger partial charge in [-0.15, -0.1) is 0 Å². The molecular weight excluding hydrogens is 538 g/mol. The molecule has 1 aromatic heterocycles. The molecule has 2 unspecified atom stereocenters. The molecule has 0 saturated carbocycles. The van der Waals surface area contributed by atoms with E-state index in [-0.39, 0.29) is 28.1 Å². The molecule has 4 rings (SSSR count). The lowest BCUT2D eigenvalue weighted by Gasteiger charge is -2.45. The number of fused-ring (bicyclic) bond motifs is 1. The van der Waals surface area contributed by atoms with E-state index >= 15 is 0 Å². The summed E-state index contributed by atoms with van der Waals surface area (Å²) in [4.78, 5) is 5.41. The first kappa shape index (κ1) is 32.9. The predicted molar refractivity (Wildman–Crippen MR) is 176 cm³/mol. The molecule has 0 fully saturated rings. The molecule has 1 aliphatic heterocycles. The maximum Gasteiger partial charge on any atom is 0.192 e. The molecule has 1 aliphatic carbocycles. The van der Waals surface area contributed by atoms with Crippen LogP contribution in [0.2, 0.25) is 18.1 Å². The highest BCUT2D eigenvalue weighted by molar-refractivity contribution is 6.74. The van der Waals surface area contributed by atoms with Crippen molar-refractivity contribution < 1.29 is 19.0 Å². The van der Waals surface area contributed by atoms with Gasteiger partial charge < -0.3 is 19.0 Å². The van der Waals surface area contributed by atoms with Gasteiger partial charge in [-0.2, -0.15) is 0 Å². The zero-order chi connectivity index (χ0) is 31.3. The van der Waals surface area contributed by atoms with Gasteiger partial charge in [0.2, 0.25) is 0 Å². The summed E-state index contributed by atoms with van der Waals surface area (Å²) in [6.45, 7) is 28.0. The minimum atomic E-state index is -2.11. The summed E-state index contributed by atoms with van der Waals surface area (Å²) in [5.41, 5.74) is 7.22. The zero-order valence-corrected chi connectivity index (χ0v) is 29.3. The summed E-state index contributed by atoms with van der Waals surface area (Å²) in [5, 5.41) is 12.3. The highest BCUT2D eigenvalue weighted by atomic mass is 28.4. The number of ether oxygens (including phenoxy) is 2. The maximum atomic E-state index is 12.2. The molecule has 1 N–H and O–H groups in total. The van der Waals surface area contributed by atoms with Crippen LogP contribution in [-0.2, 0) is 15.6 Å². The van der Waals surface area contributed by atoms with Gasteiger partial charge in [0, 0.05) is 22.5 Å². The van der Waals surface area contributed by atoms with Gasteiger partial charge in [0.25, 0.3) is 0 Å².